The summed E-state index contributed by atoms with van der Waals surface area (Å²) in [6.45, 7) is 76.8. The SMILES string of the molecule is C.C.C.C=CC(=O)O.C=CC(=O)OCCCCCCCCCCCCCCCCCC.C=CCCC.C=CCOC(=O)C(C)(C)Br.CC(C)(Br)C(=O)OCCC[SiH2]Cl.CC(C)(C)CC(CC(Br)C(=O)O)C(=O)O.CC[Si](C)(C)OC(=O)C(Br)CC(CC(C)(C)C)C(=O)OC.CO.CO[SiH](C)CCCOC(=O)C(C)(C)Br.C[SiH](C)Cl.C[SiH](C)Cl.C[SiH](C)Cl.C[Si](C)(C)N[Si](C)(C)C.Cl.O=[SiH2].O=[SiH2].O=[SiH2].O=[SiH2]. The summed E-state index contributed by atoms with van der Waals surface area (Å²) in [5.41, 5.74) is -0.124. The van der Waals surface area contributed by atoms with Gasteiger partial charge in [0.05, 0.1) is 38.8 Å². The minimum Gasteiger partial charge on any atom is -0.519 e. The summed E-state index contributed by atoms with van der Waals surface area (Å²) in [5.74, 6) is -5.38. The number of allylic oxidation sites excluding steroid dienone is 1. The van der Waals surface area contributed by atoms with Crippen LogP contribution >= 0.6 is 136 Å². The van der Waals surface area contributed by atoms with Crippen molar-refractivity contribution in [2.24, 2.45) is 22.7 Å². The molecule has 0 rings (SSSR count). The molecule has 0 aromatic heterocycles. The van der Waals surface area contributed by atoms with Gasteiger partial charge in [-0.05, 0) is 142 Å². The van der Waals surface area contributed by atoms with Crippen molar-refractivity contribution in [3.8, 4) is 0 Å². The molecule has 0 aromatic rings. The number of carbonyl (C=O) groups excluding carboxylic acids is 6. The molecule has 0 heterocycles. The highest BCUT2D eigenvalue weighted by molar-refractivity contribution is 9.10. The molecule has 5 atom stereocenters. The minimum absolute atomic E-state index is 0. The van der Waals surface area contributed by atoms with Gasteiger partial charge in [0, 0.05) is 26.4 Å². The minimum atomic E-state index is -1.93. The van der Waals surface area contributed by atoms with Crippen LogP contribution in [0, 0.1) is 22.7 Å². The highest BCUT2D eigenvalue weighted by Gasteiger charge is 2.35. The average Bonchev–Trinajstić information content (AvgIpc) is 0.865. The summed E-state index contributed by atoms with van der Waals surface area (Å²) in [6, 6.07) is 2.95. The van der Waals surface area contributed by atoms with Crippen LogP contribution in [-0.2, 0) is 93.5 Å². The van der Waals surface area contributed by atoms with Gasteiger partial charge < -0.3 is 75.5 Å². The first-order valence-corrected chi connectivity index (χ1v) is 80.6. The Balaban J connectivity index is -0.0000000594. The fourth-order valence-electron chi connectivity index (χ4n) is 9.16. The Morgan fingerprint density at radius 1 is 0.457 bits per heavy atom. The number of ether oxygens (including phenoxy) is 5. The average molecular weight is 2640 g/mol. The number of esters is 5. The first-order valence-electron chi connectivity index (χ1n) is 46.2. The van der Waals surface area contributed by atoms with Crippen molar-refractivity contribution in [1.82, 2.24) is 4.65 Å². The Kier molecular flexibility index (Phi) is 176. The molecule has 0 spiro atoms. The number of carbonyl (C=O) groups is 9. The van der Waals surface area contributed by atoms with Crippen LogP contribution in [0.3, 0.4) is 0 Å². The van der Waals surface area contributed by atoms with E-state index < -0.39 is 113 Å². The van der Waals surface area contributed by atoms with Crippen molar-refractivity contribution in [2.75, 3.05) is 47.8 Å². The van der Waals surface area contributed by atoms with Crippen LogP contribution in [0.1, 0.15) is 280 Å². The molecule has 848 valence electrons. The van der Waals surface area contributed by atoms with Gasteiger partial charge in [-0.25, -0.2) is 9.59 Å². The number of unbranched alkanes of at least 4 members (excludes halogenated alkanes) is 16. The summed E-state index contributed by atoms with van der Waals surface area (Å²) in [7, 11) is -0.713. The Bertz CT molecular complexity index is 2780. The van der Waals surface area contributed by atoms with Gasteiger partial charge >= 0.3 is 53.7 Å². The first-order chi connectivity index (χ1) is 62.3. The van der Waals surface area contributed by atoms with E-state index >= 15 is 0 Å². The molecule has 0 amide bonds. The number of hydrogen-bond donors (Lipinski definition) is 5. The van der Waals surface area contributed by atoms with Crippen LogP contribution in [0.5, 0.6) is 0 Å². The fraction of sp³-hybridized carbons (Fsp3) is 0.817. The summed E-state index contributed by atoms with van der Waals surface area (Å²) in [5, 5.41) is 32.2. The maximum atomic E-state index is 12.1. The zero-order chi connectivity index (χ0) is 112. The summed E-state index contributed by atoms with van der Waals surface area (Å²) in [6.07, 6.45) is 33.1. The molecule has 25 nitrogen and oxygen atoms in total. The second kappa shape index (κ2) is 129. The second-order valence-corrected chi connectivity index (χ2v) is 78.6. The largest absolute Gasteiger partial charge is 0.519 e. The number of hydrogen-bond acceptors (Lipinski definition) is 22. The molecule has 140 heavy (non-hydrogen) atoms. The van der Waals surface area contributed by atoms with Crippen LogP contribution in [0.25, 0.3) is 0 Å². The second-order valence-electron chi connectivity index (χ2n) is 37.2. The number of nitrogens with one attached hydrogen (secondary N) is 1. The Morgan fingerprint density at radius 2 is 0.757 bits per heavy atom. The molecule has 0 saturated heterocycles. The van der Waals surface area contributed by atoms with Crippen LogP contribution in [0.15, 0.2) is 50.6 Å². The maximum absolute atomic E-state index is 12.1. The number of carboxylic acid groups (broad SMARTS) is 3. The highest BCUT2D eigenvalue weighted by Crippen LogP contribution is 2.32. The van der Waals surface area contributed by atoms with E-state index in [1.54, 1.807) is 48.7 Å². The third-order valence-electron chi connectivity index (χ3n) is 15.1. The molecule has 0 aliphatic carbocycles. The number of alkyl halides is 5. The number of halogens is 10. The number of methoxy groups -OCH3 is 1. The molecule has 0 aliphatic heterocycles. The number of carboxylic acids is 3. The number of aliphatic carboxylic acids is 3. The molecule has 0 saturated carbocycles. The van der Waals surface area contributed by atoms with Gasteiger partial charge in [-0.3, -0.25) is 33.6 Å². The van der Waals surface area contributed by atoms with Crippen molar-refractivity contribution >= 4 is 298 Å². The molecular weight excluding hydrogens is 2430 g/mol. The Morgan fingerprint density at radius 3 is 0.986 bits per heavy atom. The number of aliphatic hydroxyl groups excluding tert-OH is 1. The third kappa shape index (κ3) is 206. The van der Waals surface area contributed by atoms with E-state index in [-0.39, 0.29) is 100 Å². The quantitative estimate of drug-likeness (QED) is 0.00552. The van der Waals surface area contributed by atoms with Gasteiger partial charge in [0.15, 0.2) is 9.04 Å². The van der Waals surface area contributed by atoms with E-state index in [0.717, 1.165) is 57.0 Å². The lowest BCUT2D eigenvalue weighted by Crippen LogP contribution is -2.55. The Hall–Kier alpha value is -0.277. The van der Waals surface area contributed by atoms with Gasteiger partial charge in [0.2, 0.25) is 48.8 Å². The first kappa shape index (κ1) is 191. The summed E-state index contributed by atoms with van der Waals surface area (Å²) in [4.78, 5) is 97.7. The molecule has 5 N–H and O–H groups in total. The molecule has 0 radical (unpaired) electrons. The van der Waals surface area contributed by atoms with Gasteiger partial charge in [0.1, 0.15) is 78.9 Å². The molecule has 0 bridgehead atoms. The van der Waals surface area contributed by atoms with Gasteiger partial charge in [-0.15, -0.1) is 19.0 Å². The number of rotatable bonds is 49. The van der Waals surface area contributed by atoms with E-state index in [4.69, 9.17) is 115 Å². The number of aliphatic hydroxyl groups is 1. The molecule has 0 aromatic carbocycles. The van der Waals surface area contributed by atoms with Gasteiger partial charge in [0.25, 0.3) is 0 Å². The summed E-state index contributed by atoms with van der Waals surface area (Å²) < 4.78 is 70.6. The lowest BCUT2D eigenvalue weighted by molar-refractivity contribution is -0.148. The van der Waals surface area contributed by atoms with Crippen LogP contribution in [0.2, 0.25) is 116 Å². The molecule has 0 fully saturated rings. The van der Waals surface area contributed by atoms with Crippen molar-refractivity contribution < 1.29 is 114 Å². The predicted octanol–water partition coefficient (Wildman–Crippen LogP) is 25.2. The summed E-state index contributed by atoms with van der Waals surface area (Å²) >= 11 is 37.8. The van der Waals surface area contributed by atoms with Crippen molar-refractivity contribution in [2.45, 2.75) is 419 Å². The van der Waals surface area contributed by atoms with Gasteiger partial charge in [-0.1, -0.05) is 377 Å². The molecule has 47 heteroatoms. The standard InChI is InChI=1S/C21H40O2.C15H29BrO4Si.C10H17BrO4.C9H19BrO3Si.C7H14BrClO2Si.C7H11BrO2.C6H19NSi2.C5H10.C3H4O2.3C2H7ClSi.CH4O.3CH4.ClH.4H2OSi/c1-3-5-6-7-8-9-10-11-12-13-14-15-16-17-18-19-20-23-21(22)4-2;1-8-21(6,7)20-14(18)12(16)9-11(13(17)19-5)10-15(2,3)4;1-10(2,3)5-6(8(12)13)4-7(11)9(14)15;1-9(2,10)8(11)13-6-5-7-14(4)12-3;1-7(2,8)6(10)11-4-3-5-12-9;1-4-5-10-6(9)7(2,3)8;1-8(2,3)7-9(4,5)6;1-3-5-4-2;1-2-3(4)5;3*1-4(2)3;1-2;;;;;4*1-2/h4H,2-3,5-20H2,1H3;11-12H,8-10H2,1-7H3;6-7H,4-5H2,1-3H3,(H,12,13)(H,14,15);14H,5-7H2,1-4H3;3-5,12H2,1-2H3;4H,1,5H2,2-3H3;7H,1-6H3;3H,1,4-5H2,2H3;2H,1H2,(H,4,5);3*4H,1-2H3;2H,1H3;3*1H4;1H;4*2H2. The lowest BCUT2D eigenvalue weighted by atomic mass is 9.82. The lowest BCUT2D eigenvalue weighted by Gasteiger charge is -2.28. The maximum Gasteiger partial charge on any atom is 0.330 e. The van der Waals surface area contributed by atoms with Crippen LogP contribution in [-0.4, -0.2) is 252 Å². The zero-order valence-corrected chi connectivity index (χ0v) is 117. The molecule has 0 aliphatic rings. The monoisotopic (exact) mass is 2630 g/mol. The van der Waals surface area contributed by atoms with E-state index in [1.165, 1.54) is 122 Å². The third-order valence-corrected chi connectivity index (χ3v) is 29.6. The highest BCUT2D eigenvalue weighted by atomic mass is 79.9. The normalized spacial score (nSPS) is 11.2. The van der Waals surface area contributed by atoms with E-state index in [0.29, 0.717) is 79.6 Å². The molecular formula is C93H209Br5Cl5NO24Si12. The van der Waals surface area contributed by atoms with Crippen molar-refractivity contribution in [3.05, 3.63) is 50.6 Å². The van der Waals surface area contributed by atoms with E-state index in [1.807, 2.05) is 46.9 Å². The molecule has 5 unspecified atom stereocenters. The van der Waals surface area contributed by atoms with Crippen LogP contribution < -0.4 is 4.65 Å². The van der Waals surface area contributed by atoms with Crippen molar-refractivity contribution in [3.63, 3.8) is 0 Å². The van der Waals surface area contributed by atoms with Gasteiger partial charge in [-0.2, -0.15) is 44.3 Å². The zero-order valence-electron chi connectivity index (χ0n) is 91.0. The Labute approximate surface area is 947 Å². The topological polar surface area (TPSA) is 379 Å². The van der Waals surface area contributed by atoms with E-state index in [2.05, 4.69) is 230 Å². The van der Waals surface area contributed by atoms with Crippen LogP contribution in [0.4, 0.5) is 0 Å². The van der Waals surface area contributed by atoms with E-state index in [9.17, 15) is 43.2 Å². The smallest absolute Gasteiger partial charge is 0.330 e. The fourth-order valence-corrected chi connectivity index (χ4v) is 22.4. The predicted molar refractivity (Wildman–Crippen MR) is 657 cm³/mol. The van der Waals surface area contributed by atoms with Crippen molar-refractivity contribution in [1.29, 1.82) is 0 Å².